The topological polar surface area (TPSA) is 35.2 Å². The van der Waals surface area contributed by atoms with Crippen molar-refractivity contribution in [3.63, 3.8) is 0 Å². The molecule has 1 atom stereocenters. The van der Waals surface area contributed by atoms with Crippen molar-refractivity contribution in [1.29, 1.82) is 0 Å². The molecule has 1 fully saturated rings. The number of rotatable bonds is 1. The van der Waals surface area contributed by atoms with Crippen LogP contribution in [0.4, 0.5) is 0 Å². The van der Waals surface area contributed by atoms with Crippen molar-refractivity contribution >= 4 is 0 Å². The van der Waals surface area contributed by atoms with Gasteiger partial charge in [-0.15, -0.1) is 0 Å². The summed E-state index contributed by atoms with van der Waals surface area (Å²) in [6, 6.07) is 0. The maximum Gasteiger partial charge on any atom is 0.110 e. The first kappa shape index (κ1) is 10.5. The predicted octanol–water partition coefficient (Wildman–Crippen LogP) is 2.67. The molecular formula is C13H19NO. The number of hydrogen-bond acceptors (Lipinski definition) is 2. The molecule has 1 aliphatic carbocycles. The third-order valence-corrected chi connectivity index (χ3v) is 3.05. The summed E-state index contributed by atoms with van der Waals surface area (Å²) in [5.41, 5.74) is 8.31. The van der Waals surface area contributed by atoms with Crippen LogP contribution < -0.4 is 5.73 Å². The predicted molar refractivity (Wildman–Crippen MR) is 62.3 cm³/mol. The molecule has 0 aromatic carbocycles. The molecule has 0 amide bonds. The summed E-state index contributed by atoms with van der Waals surface area (Å²) in [6.45, 7) is 2.76. The van der Waals surface area contributed by atoms with Crippen molar-refractivity contribution in [3.8, 4) is 0 Å². The Morgan fingerprint density at radius 3 is 3.00 bits per heavy atom. The summed E-state index contributed by atoms with van der Waals surface area (Å²) in [6.07, 6.45) is 11.2. The van der Waals surface area contributed by atoms with Gasteiger partial charge in [-0.1, -0.05) is 23.8 Å². The van der Waals surface area contributed by atoms with E-state index in [4.69, 9.17) is 10.5 Å². The van der Waals surface area contributed by atoms with Crippen LogP contribution in [-0.2, 0) is 4.74 Å². The summed E-state index contributed by atoms with van der Waals surface area (Å²) in [7, 11) is 0. The van der Waals surface area contributed by atoms with E-state index < -0.39 is 0 Å². The third kappa shape index (κ3) is 2.51. The molecule has 0 bridgehead atoms. The van der Waals surface area contributed by atoms with E-state index in [0.29, 0.717) is 6.54 Å². The van der Waals surface area contributed by atoms with E-state index in [9.17, 15) is 0 Å². The Hall–Kier alpha value is -1.02. The molecule has 2 N–H and O–H groups in total. The number of allylic oxidation sites excluding steroid dienone is 6. The lowest BCUT2D eigenvalue weighted by Gasteiger charge is -2.27. The van der Waals surface area contributed by atoms with Crippen LogP contribution in [0.5, 0.6) is 0 Å². The molecule has 2 rings (SSSR count). The second-order valence-electron chi connectivity index (χ2n) is 4.30. The Morgan fingerprint density at radius 1 is 1.47 bits per heavy atom. The Bertz CT molecular complexity index is 325. The van der Waals surface area contributed by atoms with Crippen molar-refractivity contribution in [2.45, 2.75) is 38.7 Å². The largest absolute Gasteiger partial charge is 0.493 e. The van der Waals surface area contributed by atoms with Gasteiger partial charge in [-0.25, -0.2) is 0 Å². The van der Waals surface area contributed by atoms with Crippen molar-refractivity contribution in [1.82, 2.24) is 0 Å². The fourth-order valence-corrected chi connectivity index (χ4v) is 2.06. The second-order valence-corrected chi connectivity index (χ2v) is 4.30. The summed E-state index contributed by atoms with van der Waals surface area (Å²) >= 11 is 0. The maximum absolute atomic E-state index is 5.88. The van der Waals surface area contributed by atoms with Gasteiger partial charge in [-0.3, -0.25) is 0 Å². The fraction of sp³-hybridized carbons (Fsp3) is 0.538. The highest BCUT2D eigenvalue weighted by atomic mass is 16.5. The third-order valence-electron chi connectivity index (χ3n) is 3.05. The van der Waals surface area contributed by atoms with Crippen molar-refractivity contribution in [2.75, 3.05) is 6.54 Å². The van der Waals surface area contributed by atoms with Crippen LogP contribution in [0.15, 0.2) is 35.1 Å². The molecule has 2 aliphatic rings. The van der Waals surface area contributed by atoms with Crippen LogP contribution in [0.2, 0.25) is 0 Å². The average molecular weight is 205 g/mol. The maximum atomic E-state index is 5.88. The Kier molecular flexibility index (Phi) is 3.27. The van der Waals surface area contributed by atoms with E-state index in [0.717, 1.165) is 25.0 Å². The van der Waals surface area contributed by atoms with E-state index in [2.05, 4.69) is 25.2 Å². The van der Waals surface area contributed by atoms with Crippen LogP contribution in [0.3, 0.4) is 0 Å². The molecule has 2 nitrogen and oxygen atoms in total. The Labute approximate surface area is 91.5 Å². The Balaban J connectivity index is 2.09. The van der Waals surface area contributed by atoms with E-state index in [1.807, 2.05) is 0 Å². The first-order valence-electron chi connectivity index (χ1n) is 5.73. The van der Waals surface area contributed by atoms with E-state index in [-0.39, 0.29) is 6.10 Å². The van der Waals surface area contributed by atoms with Gasteiger partial charge in [0.1, 0.15) is 6.10 Å². The van der Waals surface area contributed by atoms with Gasteiger partial charge in [0.2, 0.25) is 0 Å². The summed E-state index contributed by atoms with van der Waals surface area (Å²) < 4.78 is 5.88. The molecule has 1 heterocycles. The molecular weight excluding hydrogens is 186 g/mol. The van der Waals surface area contributed by atoms with Crippen molar-refractivity contribution in [2.24, 2.45) is 5.73 Å². The van der Waals surface area contributed by atoms with Crippen LogP contribution in [0, 0.1) is 0 Å². The zero-order valence-corrected chi connectivity index (χ0v) is 9.33. The molecule has 0 aromatic rings. The van der Waals surface area contributed by atoms with Crippen molar-refractivity contribution in [3.05, 3.63) is 35.1 Å². The first-order chi connectivity index (χ1) is 7.29. The minimum atomic E-state index is 0.238. The minimum Gasteiger partial charge on any atom is -0.493 e. The lowest BCUT2D eigenvalue weighted by Crippen LogP contribution is -2.27. The average Bonchev–Trinajstić information content (AvgIpc) is 2.30. The number of nitrogens with two attached hydrogens (primary N) is 1. The number of ether oxygens (including phenoxy) is 1. The van der Waals surface area contributed by atoms with Gasteiger partial charge < -0.3 is 10.5 Å². The summed E-state index contributed by atoms with van der Waals surface area (Å²) in [4.78, 5) is 0. The van der Waals surface area contributed by atoms with Crippen LogP contribution in [-0.4, -0.2) is 12.6 Å². The molecule has 1 saturated heterocycles. The van der Waals surface area contributed by atoms with Gasteiger partial charge in [-0.05, 0) is 31.8 Å². The molecule has 0 radical (unpaired) electrons. The van der Waals surface area contributed by atoms with Crippen LogP contribution in [0.25, 0.3) is 0 Å². The Morgan fingerprint density at radius 2 is 2.33 bits per heavy atom. The monoisotopic (exact) mass is 205 g/mol. The molecule has 2 heteroatoms. The van der Waals surface area contributed by atoms with Crippen LogP contribution >= 0.6 is 0 Å². The van der Waals surface area contributed by atoms with E-state index >= 15 is 0 Å². The molecule has 1 aliphatic heterocycles. The molecule has 82 valence electrons. The van der Waals surface area contributed by atoms with E-state index in [1.54, 1.807) is 0 Å². The van der Waals surface area contributed by atoms with Gasteiger partial charge in [0.05, 0.1) is 5.76 Å². The summed E-state index contributed by atoms with van der Waals surface area (Å²) in [5.74, 6) is 1.16. The molecule has 15 heavy (non-hydrogen) atoms. The van der Waals surface area contributed by atoms with E-state index in [1.165, 1.54) is 17.6 Å². The smallest absolute Gasteiger partial charge is 0.110 e. The molecule has 0 spiro atoms. The highest BCUT2D eigenvalue weighted by Gasteiger charge is 2.18. The zero-order chi connectivity index (χ0) is 10.7. The van der Waals surface area contributed by atoms with Gasteiger partial charge in [0.25, 0.3) is 0 Å². The van der Waals surface area contributed by atoms with Crippen LogP contribution in [0.1, 0.15) is 32.6 Å². The first-order valence-corrected chi connectivity index (χ1v) is 5.73. The quantitative estimate of drug-likeness (QED) is 0.714. The molecule has 0 unspecified atom stereocenters. The molecule has 0 aromatic heterocycles. The van der Waals surface area contributed by atoms with Gasteiger partial charge in [-0.2, -0.15) is 0 Å². The normalized spacial score (nSPS) is 31.1. The van der Waals surface area contributed by atoms with Gasteiger partial charge in [0.15, 0.2) is 0 Å². The summed E-state index contributed by atoms with van der Waals surface area (Å²) in [5, 5.41) is 0. The highest BCUT2D eigenvalue weighted by Crippen LogP contribution is 2.28. The lowest BCUT2D eigenvalue weighted by atomic mass is 9.98. The number of hydrogen-bond donors (Lipinski definition) is 1. The highest BCUT2D eigenvalue weighted by molar-refractivity contribution is 5.36. The standard InChI is InChI=1S/C13H19NO/c1-10-5-7-11(8-6-10)13-4-2-3-12(9-14)15-13/h5-7,12H,2-4,8-9,14H2,1H3/b13-11+/t12-/m0/s1. The fourth-order valence-electron chi connectivity index (χ4n) is 2.06. The van der Waals surface area contributed by atoms with Gasteiger partial charge in [0, 0.05) is 13.0 Å². The van der Waals surface area contributed by atoms with Crippen molar-refractivity contribution < 1.29 is 4.74 Å². The lowest BCUT2D eigenvalue weighted by molar-refractivity contribution is 0.0777. The van der Waals surface area contributed by atoms with Gasteiger partial charge >= 0.3 is 0 Å². The zero-order valence-electron chi connectivity index (χ0n) is 9.33. The minimum absolute atomic E-state index is 0.238. The second kappa shape index (κ2) is 4.67. The SMILES string of the molecule is CC1=CC/C(=C2\CCC[C@@H](CN)O2)C=C1. The molecule has 0 saturated carbocycles.